The number of hydrogen-bond donors (Lipinski definition) is 2. The van der Waals surface area contributed by atoms with Crippen molar-refractivity contribution in [1.29, 1.82) is 0 Å². The molecule has 0 aromatic heterocycles. The van der Waals surface area contributed by atoms with Gasteiger partial charge in [0.2, 0.25) is 0 Å². The number of carbonyl (C=O) groups excluding carboxylic acids is 1. The first-order chi connectivity index (χ1) is 7.90. The molecule has 94 valence electrons. The quantitative estimate of drug-likeness (QED) is 0.811. The van der Waals surface area contributed by atoms with Crippen molar-refractivity contribution in [2.75, 3.05) is 0 Å². The third-order valence-corrected chi connectivity index (χ3v) is 3.37. The summed E-state index contributed by atoms with van der Waals surface area (Å²) >= 11 is 7.62. The van der Waals surface area contributed by atoms with E-state index in [0.717, 1.165) is 15.8 Å². The summed E-state index contributed by atoms with van der Waals surface area (Å²) in [6.07, 6.45) is 0.976. The average Bonchev–Trinajstić information content (AvgIpc) is 2.20. The second-order valence-corrected chi connectivity index (χ2v) is 6.04. The molecule has 0 aliphatic rings. The maximum absolute atomic E-state index is 12.0. The highest BCUT2D eigenvalue weighted by atomic mass is 79.9. The molecule has 4 heteroatoms. The van der Waals surface area contributed by atoms with E-state index in [0.29, 0.717) is 11.5 Å². The van der Waals surface area contributed by atoms with Crippen LogP contribution in [0.2, 0.25) is 0 Å². The molecular formula is C13H18BrNOS. The summed E-state index contributed by atoms with van der Waals surface area (Å²) in [5, 5.41) is 2.99. The van der Waals surface area contributed by atoms with Gasteiger partial charge in [0.05, 0.1) is 5.56 Å². The molecule has 0 saturated carbocycles. The zero-order chi connectivity index (χ0) is 13.0. The lowest BCUT2D eigenvalue weighted by Gasteiger charge is -2.16. The zero-order valence-electron chi connectivity index (χ0n) is 10.3. The topological polar surface area (TPSA) is 29.1 Å². The van der Waals surface area contributed by atoms with E-state index in [2.05, 4.69) is 47.7 Å². The summed E-state index contributed by atoms with van der Waals surface area (Å²) in [4.78, 5) is 12.8. The van der Waals surface area contributed by atoms with Gasteiger partial charge >= 0.3 is 0 Å². The van der Waals surface area contributed by atoms with Gasteiger partial charge in [-0.25, -0.2) is 0 Å². The number of hydrogen-bond acceptors (Lipinski definition) is 2. The second kappa shape index (κ2) is 6.45. The van der Waals surface area contributed by atoms with Crippen LogP contribution in [0.15, 0.2) is 27.6 Å². The Bertz CT molecular complexity index is 406. The van der Waals surface area contributed by atoms with Gasteiger partial charge in [0.25, 0.3) is 5.91 Å². The first kappa shape index (κ1) is 14.6. The first-order valence-corrected chi connectivity index (χ1v) is 6.93. The number of nitrogens with one attached hydrogen (secondary N) is 1. The standard InChI is InChI=1S/C13H18BrNOS/c1-8(2)6-9(3)15-13(16)11-7-10(17)4-5-12(11)14/h4-5,7-9,17H,6H2,1-3H3,(H,15,16). The van der Waals surface area contributed by atoms with Crippen LogP contribution in [0.3, 0.4) is 0 Å². The van der Waals surface area contributed by atoms with Crippen LogP contribution in [0.4, 0.5) is 0 Å². The van der Waals surface area contributed by atoms with Gasteiger partial charge in [-0.05, 0) is 53.4 Å². The monoisotopic (exact) mass is 315 g/mol. The number of benzene rings is 1. The van der Waals surface area contributed by atoms with Crippen LogP contribution < -0.4 is 5.32 Å². The normalized spacial score (nSPS) is 12.6. The molecule has 1 N–H and O–H groups in total. The first-order valence-electron chi connectivity index (χ1n) is 5.69. The Morgan fingerprint density at radius 2 is 2.06 bits per heavy atom. The van der Waals surface area contributed by atoms with Crippen molar-refractivity contribution < 1.29 is 4.79 Å². The number of thiol groups is 1. The average molecular weight is 316 g/mol. The molecule has 0 radical (unpaired) electrons. The molecule has 0 bridgehead atoms. The van der Waals surface area contributed by atoms with Crippen molar-refractivity contribution in [3.8, 4) is 0 Å². The highest BCUT2D eigenvalue weighted by molar-refractivity contribution is 9.10. The Morgan fingerprint density at radius 3 is 2.65 bits per heavy atom. The minimum Gasteiger partial charge on any atom is -0.350 e. The minimum absolute atomic E-state index is 0.0547. The molecule has 0 fully saturated rings. The van der Waals surface area contributed by atoms with Crippen molar-refractivity contribution in [3.05, 3.63) is 28.2 Å². The van der Waals surface area contributed by atoms with E-state index in [1.54, 1.807) is 6.07 Å². The third kappa shape index (κ3) is 4.72. The molecule has 0 aliphatic heterocycles. The Hall–Kier alpha value is -0.480. The molecule has 1 rings (SSSR count). The maximum atomic E-state index is 12.0. The number of amides is 1. The fraction of sp³-hybridized carbons (Fsp3) is 0.462. The van der Waals surface area contributed by atoms with Gasteiger partial charge in [-0.1, -0.05) is 13.8 Å². The highest BCUT2D eigenvalue weighted by Gasteiger charge is 2.13. The molecule has 17 heavy (non-hydrogen) atoms. The van der Waals surface area contributed by atoms with E-state index in [9.17, 15) is 4.79 Å². The van der Waals surface area contributed by atoms with Gasteiger partial charge in [-0.3, -0.25) is 4.79 Å². The largest absolute Gasteiger partial charge is 0.350 e. The lowest BCUT2D eigenvalue weighted by molar-refractivity contribution is 0.0935. The molecule has 0 heterocycles. The summed E-state index contributed by atoms with van der Waals surface area (Å²) < 4.78 is 0.796. The third-order valence-electron chi connectivity index (χ3n) is 2.40. The number of rotatable bonds is 4. The van der Waals surface area contributed by atoms with Crippen molar-refractivity contribution >= 4 is 34.5 Å². The molecular weight excluding hydrogens is 298 g/mol. The van der Waals surface area contributed by atoms with E-state index in [4.69, 9.17) is 0 Å². The van der Waals surface area contributed by atoms with E-state index < -0.39 is 0 Å². The van der Waals surface area contributed by atoms with Gasteiger partial charge in [0.1, 0.15) is 0 Å². The lowest BCUT2D eigenvalue weighted by atomic mass is 10.0. The highest BCUT2D eigenvalue weighted by Crippen LogP contribution is 2.20. The van der Waals surface area contributed by atoms with Crippen LogP contribution >= 0.6 is 28.6 Å². The molecule has 1 aromatic carbocycles. The van der Waals surface area contributed by atoms with Gasteiger partial charge < -0.3 is 5.32 Å². The van der Waals surface area contributed by atoms with E-state index >= 15 is 0 Å². The summed E-state index contributed by atoms with van der Waals surface area (Å²) in [6, 6.07) is 5.63. The second-order valence-electron chi connectivity index (χ2n) is 4.67. The lowest BCUT2D eigenvalue weighted by Crippen LogP contribution is -2.33. The van der Waals surface area contributed by atoms with E-state index in [1.165, 1.54) is 0 Å². The van der Waals surface area contributed by atoms with Crippen molar-refractivity contribution in [2.24, 2.45) is 5.92 Å². The van der Waals surface area contributed by atoms with Crippen molar-refractivity contribution in [1.82, 2.24) is 5.32 Å². The Morgan fingerprint density at radius 1 is 1.41 bits per heavy atom. The summed E-state index contributed by atoms with van der Waals surface area (Å²) in [5.41, 5.74) is 0.633. The van der Waals surface area contributed by atoms with Crippen molar-refractivity contribution in [2.45, 2.75) is 38.1 Å². The minimum atomic E-state index is -0.0547. The maximum Gasteiger partial charge on any atom is 0.252 e. The number of carbonyl (C=O) groups is 1. The zero-order valence-corrected chi connectivity index (χ0v) is 12.8. The summed E-state index contributed by atoms with van der Waals surface area (Å²) in [7, 11) is 0. The molecule has 1 atom stereocenters. The van der Waals surface area contributed by atoms with Crippen molar-refractivity contribution in [3.63, 3.8) is 0 Å². The van der Waals surface area contributed by atoms with Gasteiger partial charge in [0.15, 0.2) is 0 Å². The Balaban J connectivity index is 2.73. The smallest absolute Gasteiger partial charge is 0.252 e. The fourth-order valence-corrected chi connectivity index (χ4v) is 2.39. The van der Waals surface area contributed by atoms with Crippen LogP contribution in [-0.4, -0.2) is 11.9 Å². The molecule has 0 aliphatic carbocycles. The predicted octanol–water partition coefficient (Wildman–Crippen LogP) is 3.90. The fourth-order valence-electron chi connectivity index (χ4n) is 1.75. The summed E-state index contributed by atoms with van der Waals surface area (Å²) in [5.74, 6) is 0.519. The van der Waals surface area contributed by atoms with Crippen LogP contribution in [-0.2, 0) is 0 Å². The van der Waals surface area contributed by atoms with Gasteiger partial charge in [0, 0.05) is 15.4 Å². The van der Waals surface area contributed by atoms with Crippen LogP contribution in [0.25, 0.3) is 0 Å². The molecule has 1 amide bonds. The molecule has 2 nitrogen and oxygen atoms in total. The molecule has 0 saturated heterocycles. The molecule has 1 unspecified atom stereocenters. The summed E-state index contributed by atoms with van der Waals surface area (Å²) in [6.45, 7) is 6.32. The van der Waals surface area contributed by atoms with Crippen LogP contribution in [0, 0.1) is 5.92 Å². The SMILES string of the molecule is CC(C)CC(C)NC(=O)c1cc(S)ccc1Br. The van der Waals surface area contributed by atoms with Gasteiger partial charge in [-0.2, -0.15) is 0 Å². The van der Waals surface area contributed by atoms with E-state index in [1.807, 2.05) is 19.1 Å². The predicted molar refractivity (Wildman–Crippen MR) is 77.8 cm³/mol. The molecule has 0 spiro atoms. The van der Waals surface area contributed by atoms with Crippen LogP contribution in [0.1, 0.15) is 37.6 Å². The Labute approximate surface area is 117 Å². The van der Waals surface area contributed by atoms with Gasteiger partial charge in [-0.15, -0.1) is 12.6 Å². The Kier molecular flexibility index (Phi) is 5.53. The van der Waals surface area contributed by atoms with E-state index in [-0.39, 0.29) is 11.9 Å². The van der Waals surface area contributed by atoms with Crippen LogP contribution in [0.5, 0.6) is 0 Å². The molecule has 1 aromatic rings. The number of halogens is 1.